The van der Waals surface area contributed by atoms with Crippen LogP contribution in [0.5, 0.6) is 11.5 Å². The van der Waals surface area contributed by atoms with Crippen molar-refractivity contribution in [2.45, 2.75) is 20.3 Å². The van der Waals surface area contributed by atoms with Gasteiger partial charge in [-0.2, -0.15) is 0 Å². The average molecular weight is 386 g/mol. The lowest BCUT2D eigenvalue weighted by atomic mass is 10.1. The lowest BCUT2D eigenvalue weighted by Crippen LogP contribution is -2.14. The Hall–Kier alpha value is -3.55. The smallest absolute Gasteiger partial charge is 0.341 e. The number of carbonyl (C=O) groups excluding carboxylic acids is 2. The van der Waals surface area contributed by atoms with E-state index in [9.17, 15) is 14.4 Å². The minimum atomic E-state index is -1.11. The number of carboxylic acids is 1. The molecule has 0 heterocycles. The normalized spacial score (nSPS) is 10.1. The van der Waals surface area contributed by atoms with Crippen molar-refractivity contribution in [3.8, 4) is 11.5 Å². The molecule has 0 aliphatic rings. The number of aliphatic carboxylic acids is 1. The highest BCUT2D eigenvalue weighted by Crippen LogP contribution is 2.29. The highest BCUT2D eigenvalue weighted by atomic mass is 16.5. The van der Waals surface area contributed by atoms with Crippen LogP contribution in [0.15, 0.2) is 42.5 Å². The van der Waals surface area contributed by atoms with Crippen molar-refractivity contribution < 1.29 is 29.0 Å². The van der Waals surface area contributed by atoms with Gasteiger partial charge in [-0.1, -0.05) is 6.92 Å². The number of anilines is 2. The van der Waals surface area contributed by atoms with Crippen LogP contribution in [0.1, 0.15) is 30.6 Å². The molecule has 8 nitrogen and oxygen atoms in total. The van der Waals surface area contributed by atoms with E-state index in [-0.39, 0.29) is 23.3 Å². The van der Waals surface area contributed by atoms with E-state index in [1.807, 2.05) is 0 Å². The van der Waals surface area contributed by atoms with Gasteiger partial charge in [0.1, 0.15) is 0 Å². The van der Waals surface area contributed by atoms with Gasteiger partial charge in [0.25, 0.3) is 5.91 Å². The molecule has 0 spiro atoms. The Kier molecular flexibility index (Phi) is 7.38. The van der Waals surface area contributed by atoms with Crippen LogP contribution < -0.4 is 20.1 Å². The lowest BCUT2D eigenvalue weighted by Gasteiger charge is -2.13. The highest BCUT2D eigenvalue weighted by molar-refractivity contribution is 6.04. The zero-order chi connectivity index (χ0) is 20.5. The summed E-state index contributed by atoms with van der Waals surface area (Å²) in [6.07, 6.45) is 0.382. The first kappa shape index (κ1) is 20.8. The fourth-order valence-electron chi connectivity index (χ4n) is 2.27. The van der Waals surface area contributed by atoms with Crippen molar-refractivity contribution in [1.29, 1.82) is 0 Å². The summed E-state index contributed by atoms with van der Waals surface area (Å²) in [4.78, 5) is 34.5. The van der Waals surface area contributed by atoms with Gasteiger partial charge in [0.15, 0.2) is 18.1 Å². The van der Waals surface area contributed by atoms with Gasteiger partial charge in [0.2, 0.25) is 5.91 Å². The van der Waals surface area contributed by atoms with Crippen LogP contribution in [0.3, 0.4) is 0 Å². The van der Waals surface area contributed by atoms with E-state index in [2.05, 4.69) is 10.6 Å². The summed E-state index contributed by atoms with van der Waals surface area (Å²) in [5.74, 6) is -1.03. The molecule has 2 rings (SSSR count). The summed E-state index contributed by atoms with van der Waals surface area (Å²) in [5.41, 5.74) is 1.53. The fourth-order valence-corrected chi connectivity index (χ4v) is 2.27. The molecule has 0 atom stereocenters. The molecule has 0 radical (unpaired) electrons. The molecule has 28 heavy (non-hydrogen) atoms. The topological polar surface area (TPSA) is 114 Å². The zero-order valence-electron chi connectivity index (χ0n) is 15.7. The molecule has 0 bridgehead atoms. The molecule has 148 valence electrons. The van der Waals surface area contributed by atoms with Crippen LogP contribution in [0.4, 0.5) is 11.4 Å². The van der Waals surface area contributed by atoms with Crippen molar-refractivity contribution in [1.82, 2.24) is 0 Å². The van der Waals surface area contributed by atoms with E-state index in [1.54, 1.807) is 38.1 Å². The third-order valence-electron chi connectivity index (χ3n) is 3.60. The maximum atomic E-state index is 12.5. The summed E-state index contributed by atoms with van der Waals surface area (Å²) in [6.45, 7) is 3.36. The van der Waals surface area contributed by atoms with E-state index in [1.165, 1.54) is 18.2 Å². The number of carboxylic acid groups (broad SMARTS) is 1. The summed E-state index contributed by atoms with van der Waals surface area (Å²) in [6, 6.07) is 11.2. The van der Waals surface area contributed by atoms with Crippen LogP contribution in [0, 0.1) is 0 Å². The Morgan fingerprint density at radius 3 is 2.11 bits per heavy atom. The van der Waals surface area contributed by atoms with Crippen LogP contribution in [0.25, 0.3) is 0 Å². The molecule has 2 aromatic carbocycles. The second-order valence-electron chi connectivity index (χ2n) is 5.71. The predicted molar refractivity (Wildman–Crippen MR) is 104 cm³/mol. The minimum absolute atomic E-state index is 0.0922. The van der Waals surface area contributed by atoms with Gasteiger partial charge in [-0.25, -0.2) is 4.79 Å². The van der Waals surface area contributed by atoms with Gasteiger partial charge in [-0.15, -0.1) is 0 Å². The molecule has 0 aromatic heterocycles. The molecule has 2 amide bonds. The maximum Gasteiger partial charge on any atom is 0.341 e. The van der Waals surface area contributed by atoms with Crippen LogP contribution in [0.2, 0.25) is 0 Å². The minimum Gasteiger partial charge on any atom is -0.490 e. The third-order valence-corrected chi connectivity index (χ3v) is 3.60. The molecule has 0 saturated heterocycles. The first-order valence-electron chi connectivity index (χ1n) is 8.75. The van der Waals surface area contributed by atoms with Crippen LogP contribution in [-0.2, 0) is 9.59 Å². The van der Waals surface area contributed by atoms with Gasteiger partial charge in [-0.05, 0) is 49.4 Å². The number of benzene rings is 2. The van der Waals surface area contributed by atoms with Crippen molar-refractivity contribution >= 4 is 29.2 Å². The summed E-state index contributed by atoms with van der Waals surface area (Å²) >= 11 is 0. The lowest BCUT2D eigenvalue weighted by molar-refractivity contribution is -0.139. The van der Waals surface area contributed by atoms with Crippen molar-refractivity contribution in [2.75, 3.05) is 23.8 Å². The number of ether oxygens (including phenoxy) is 2. The summed E-state index contributed by atoms with van der Waals surface area (Å²) < 4.78 is 10.6. The Morgan fingerprint density at radius 1 is 0.893 bits per heavy atom. The van der Waals surface area contributed by atoms with Gasteiger partial charge < -0.3 is 25.2 Å². The molecule has 0 aliphatic heterocycles. The van der Waals surface area contributed by atoms with Gasteiger partial charge in [0, 0.05) is 23.4 Å². The van der Waals surface area contributed by atoms with Crippen molar-refractivity contribution in [3.05, 3.63) is 48.0 Å². The van der Waals surface area contributed by atoms with Crippen molar-refractivity contribution in [3.63, 3.8) is 0 Å². The van der Waals surface area contributed by atoms with E-state index in [0.717, 1.165) is 0 Å². The van der Waals surface area contributed by atoms with Gasteiger partial charge in [0.05, 0.1) is 6.61 Å². The van der Waals surface area contributed by atoms with E-state index in [0.29, 0.717) is 30.0 Å². The Bertz CT molecular complexity index is 848. The van der Waals surface area contributed by atoms with Crippen LogP contribution in [-0.4, -0.2) is 36.1 Å². The molecule has 8 heteroatoms. The SMILES string of the molecule is CCOc1cc(C(=O)Nc2ccc(NC(=O)CC)cc2)ccc1OCC(=O)O. The van der Waals surface area contributed by atoms with E-state index in [4.69, 9.17) is 14.6 Å². The second-order valence-corrected chi connectivity index (χ2v) is 5.71. The molecule has 0 aliphatic carbocycles. The summed E-state index contributed by atoms with van der Waals surface area (Å²) in [5, 5.41) is 14.2. The van der Waals surface area contributed by atoms with Crippen molar-refractivity contribution in [2.24, 2.45) is 0 Å². The molecule has 2 aromatic rings. The van der Waals surface area contributed by atoms with Gasteiger partial charge >= 0.3 is 5.97 Å². The Labute approximate surface area is 162 Å². The largest absolute Gasteiger partial charge is 0.490 e. The quantitative estimate of drug-likeness (QED) is 0.610. The molecule has 0 fully saturated rings. The molecular weight excluding hydrogens is 364 g/mol. The summed E-state index contributed by atoms with van der Waals surface area (Å²) in [7, 11) is 0. The van der Waals surface area contributed by atoms with Crippen LogP contribution >= 0.6 is 0 Å². The number of amides is 2. The Morgan fingerprint density at radius 2 is 1.54 bits per heavy atom. The maximum absolute atomic E-state index is 12.5. The third kappa shape index (κ3) is 6.01. The first-order chi connectivity index (χ1) is 13.4. The number of rotatable bonds is 9. The van der Waals surface area contributed by atoms with Gasteiger partial charge in [-0.3, -0.25) is 9.59 Å². The standard InChI is InChI=1S/C20H22N2O6/c1-3-18(23)21-14-6-8-15(9-7-14)22-20(26)13-5-10-16(28-12-19(24)25)17(11-13)27-4-2/h5-11H,3-4,12H2,1-2H3,(H,21,23)(H,22,26)(H,24,25). The number of nitrogens with one attached hydrogen (secondary N) is 2. The number of hydrogen-bond acceptors (Lipinski definition) is 5. The number of carbonyl (C=O) groups is 3. The molecular formula is C20H22N2O6. The van der Waals surface area contributed by atoms with E-state index >= 15 is 0 Å². The highest BCUT2D eigenvalue weighted by Gasteiger charge is 2.13. The Balaban J connectivity index is 2.09. The average Bonchev–Trinajstić information content (AvgIpc) is 2.68. The fraction of sp³-hybridized carbons (Fsp3) is 0.250. The second kappa shape index (κ2) is 9.96. The monoisotopic (exact) mass is 386 g/mol. The first-order valence-corrected chi connectivity index (χ1v) is 8.75. The zero-order valence-corrected chi connectivity index (χ0v) is 15.7. The molecule has 3 N–H and O–H groups in total. The number of hydrogen-bond donors (Lipinski definition) is 3. The predicted octanol–water partition coefficient (Wildman–Crippen LogP) is 3.15. The van der Waals surface area contributed by atoms with E-state index < -0.39 is 12.6 Å². The molecule has 0 saturated carbocycles. The molecule has 0 unspecified atom stereocenters.